The predicted octanol–water partition coefficient (Wildman–Crippen LogP) is -0.0333. The van der Waals surface area contributed by atoms with Crippen LogP contribution in [-0.4, -0.2) is 26.6 Å². The SMILES string of the molecule is N#Cc1cccc(C(=O)NCCCS(N)(=O)=O)c1. The number of nitrogens with zero attached hydrogens (tertiary/aromatic N) is 1. The zero-order chi connectivity index (χ0) is 13.6. The Balaban J connectivity index is 2.48. The van der Waals surface area contributed by atoms with Gasteiger partial charge in [0.25, 0.3) is 5.91 Å². The minimum absolute atomic E-state index is 0.175. The van der Waals surface area contributed by atoms with E-state index >= 15 is 0 Å². The molecule has 7 heteroatoms. The van der Waals surface area contributed by atoms with E-state index in [9.17, 15) is 13.2 Å². The summed E-state index contributed by atoms with van der Waals surface area (Å²) in [6, 6.07) is 8.18. The smallest absolute Gasteiger partial charge is 0.251 e. The van der Waals surface area contributed by atoms with Gasteiger partial charge in [-0.25, -0.2) is 13.6 Å². The number of hydrogen-bond acceptors (Lipinski definition) is 4. The number of carbonyl (C=O) groups excluding carboxylic acids is 1. The number of primary sulfonamides is 1. The van der Waals surface area contributed by atoms with Crippen molar-refractivity contribution < 1.29 is 13.2 Å². The molecule has 0 spiro atoms. The van der Waals surface area contributed by atoms with E-state index in [-0.39, 0.29) is 24.6 Å². The molecular formula is C11H13N3O3S. The maximum Gasteiger partial charge on any atom is 0.251 e. The lowest BCUT2D eigenvalue weighted by atomic mass is 10.1. The molecule has 0 radical (unpaired) electrons. The molecule has 1 amide bonds. The van der Waals surface area contributed by atoms with Gasteiger partial charge in [-0.05, 0) is 24.6 Å². The Hall–Kier alpha value is -1.91. The molecule has 0 aliphatic carbocycles. The number of rotatable bonds is 5. The number of nitriles is 1. The van der Waals surface area contributed by atoms with E-state index in [0.717, 1.165) is 0 Å². The van der Waals surface area contributed by atoms with Crippen molar-refractivity contribution >= 4 is 15.9 Å². The number of sulfonamides is 1. The van der Waals surface area contributed by atoms with Crippen LogP contribution in [0.5, 0.6) is 0 Å². The summed E-state index contributed by atoms with van der Waals surface area (Å²) in [5.41, 5.74) is 0.761. The number of amides is 1. The molecule has 18 heavy (non-hydrogen) atoms. The van der Waals surface area contributed by atoms with E-state index in [4.69, 9.17) is 10.4 Å². The van der Waals surface area contributed by atoms with Crippen LogP contribution in [0, 0.1) is 11.3 Å². The number of hydrogen-bond donors (Lipinski definition) is 2. The van der Waals surface area contributed by atoms with Gasteiger partial charge in [-0.3, -0.25) is 4.79 Å². The molecule has 0 saturated carbocycles. The van der Waals surface area contributed by atoms with Gasteiger partial charge >= 0.3 is 0 Å². The molecule has 0 bridgehead atoms. The summed E-state index contributed by atoms with van der Waals surface area (Å²) in [5, 5.41) is 16.1. The molecule has 0 saturated heterocycles. The Morgan fingerprint density at radius 1 is 1.44 bits per heavy atom. The Morgan fingerprint density at radius 2 is 2.17 bits per heavy atom. The van der Waals surface area contributed by atoms with E-state index in [0.29, 0.717) is 11.1 Å². The van der Waals surface area contributed by atoms with Crippen LogP contribution in [0.25, 0.3) is 0 Å². The fourth-order valence-electron chi connectivity index (χ4n) is 1.31. The quantitative estimate of drug-likeness (QED) is 0.729. The van der Waals surface area contributed by atoms with E-state index in [1.807, 2.05) is 6.07 Å². The molecule has 1 aromatic carbocycles. The third kappa shape index (κ3) is 4.95. The summed E-state index contributed by atoms with van der Waals surface area (Å²) < 4.78 is 21.3. The third-order valence-electron chi connectivity index (χ3n) is 2.15. The lowest BCUT2D eigenvalue weighted by Crippen LogP contribution is -2.27. The van der Waals surface area contributed by atoms with E-state index in [1.54, 1.807) is 18.2 Å². The van der Waals surface area contributed by atoms with Gasteiger partial charge in [0.15, 0.2) is 0 Å². The van der Waals surface area contributed by atoms with Crippen LogP contribution in [0.3, 0.4) is 0 Å². The van der Waals surface area contributed by atoms with Gasteiger partial charge in [-0.15, -0.1) is 0 Å². The van der Waals surface area contributed by atoms with Crippen molar-refractivity contribution in [2.24, 2.45) is 5.14 Å². The second-order valence-corrected chi connectivity index (χ2v) is 5.40. The first-order valence-corrected chi connectivity index (χ1v) is 6.93. The van der Waals surface area contributed by atoms with Gasteiger partial charge in [-0.2, -0.15) is 5.26 Å². The number of nitrogens with one attached hydrogen (secondary N) is 1. The normalized spacial score (nSPS) is 10.7. The lowest BCUT2D eigenvalue weighted by molar-refractivity contribution is 0.0953. The molecule has 3 N–H and O–H groups in total. The topological polar surface area (TPSA) is 113 Å². The molecule has 96 valence electrons. The van der Waals surface area contributed by atoms with Crippen LogP contribution < -0.4 is 10.5 Å². The van der Waals surface area contributed by atoms with Crippen LogP contribution in [-0.2, 0) is 10.0 Å². The number of benzene rings is 1. The van der Waals surface area contributed by atoms with Crippen molar-refractivity contribution in [1.82, 2.24) is 5.32 Å². The standard InChI is InChI=1S/C11H13N3O3S/c12-8-9-3-1-4-10(7-9)11(15)14-5-2-6-18(13,16)17/h1,3-4,7H,2,5-6H2,(H,14,15)(H2,13,16,17). The van der Waals surface area contributed by atoms with Gasteiger partial charge in [0, 0.05) is 12.1 Å². The van der Waals surface area contributed by atoms with Gasteiger partial charge in [0.1, 0.15) is 0 Å². The largest absolute Gasteiger partial charge is 0.352 e. The van der Waals surface area contributed by atoms with Crippen molar-refractivity contribution in [2.45, 2.75) is 6.42 Å². The summed E-state index contributed by atoms with van der Waals surface area (Å²) in [4.78, 5) is 11.6. The van der Waals surface area contributed by atoms with Crippen LogP contribution in [0.15, 0.2) is 24.3 Å². The molecule has 1 aromatic rings. The zero-order valence-corrected chi connectivity index (χ0v) is 10.4. The maximum absolute atomic E-state index is 11.6. The third-order valence-corrected chi connectivity index (χ3v) is 3.00. The van der Waals surface area contributed by atoms with Crippen LogP contribution >= 0.6 is 0 Å². The van der Waals surface area contributed by atoms with Crippen molar-refractivity contribution in [3.05, 3.63) is 35.4 Å². The number of nitrogens with two attached hydrogens (primary N) is 1. The molecule has 0 aliphatic rings. The summed E-state index contributed by atoms with van der Waals surface area (Å²) >= 11 is 0. The zero-order valence-electron chi connectivity index (χ0n) is 9.59. The molecule has 0 fully saturated rings. The molecular weight excluding hydrogens is 254 g/mol. The minimum atomic E-state index is -3.49. The van der Waals surface area contributed by atoms with Crippen molar-refractivity contribution in [1.29, 1.82) is 5.26 Å². The average molecular weight is 267 g/mol. The van der Waals surface area contributed by atoms with Gasteiger partial charge in [0.05, 0.1) is 17.4 Å². The Morgan fingerprint density at radius 3 is 2.78 bits per heavy atom. The van der Waals surface area contributed by atoms with Crippen LogP contribution in [0.2, 0.25) is 0 Å². The van der Waals surface area contributed by atoms with Crippen LogP contribution in [0.1, 0.15) is 22.3 Å². The summed E-state index contributed by atoms with van der Waals surface area (Å²) in [6.07, 6.45) is 0.252. The fraction of sp³-hybridized carbons (Fsp3) is 0.273. The molecule has 0 aliphatic heterocycles. The number of carbonyl (C=O) groups is 1. The average Bonchev–Trinajstić information content (AvgIpc) is 2.33. The Labute approximate surface area is 105 Å². The van der Waals surface area contributed by atoms with Crippen molar-refractivity contribution in [2.75, 3.05) is 12.3 Å². The van der Waals surface area contributed by atoms with Gasteiger partial charge < -0.3 is 5.32 Å². The van der Waals surface area contributed by atoms with Gasteiger partial charge in [0.2, 0.25) is 10.0 Å². The van der Waals surface area contributed by atoms with Gasteiger partial charge in [-0.1, -0.05) is 6.07 Å². The first-order chi connectivity index (χ1) is 8.42. The highest BCUT2D eigenvalue weighted by Gasteiger charge is 2.07. The second kappa shape index (κ2) is 6.14. The molecule has 6 nitrogen and oxygen atoms in total. The Bertz CT molecular complexity index is 575. The highest BCUT2D eigenvalue weighted by Crippen LogP contribution is 2.03. The highest BCUT2D eigenvalue weighted by molar-refractivity contribution is 7.89. The van der Waals surface area contributed by atoms with E-state index in [2.05, 4.69) is 5.32 Å². The molecule has 1 rings (SSSR count). The monoisotopic (exact) mass is 267 g/mol. The van der Waals surface area contributed by atoms with E-state index < -0.39 is 10.0 Å². The predicted molar refractivity (Wildman–Crippen MR) is 66.1 cm³/mol. The van der Waals surface area contributed by atoms with Crippen molar-refractivity contribution in [3.63, 3.8) is 0 Å². The minimum Gasteiger partial charge on any atom is -0.352 e. The maximum atomic E-state index is 11.6. The molecule has 0 atom stereocenters. The van der Waals surface area contributed by atoms with Crippen LogP contribution in [0.4, 0.5) is 0 Å². The molecule has 0 heterocycles. The van der Waals surface area contributed by atoms with E-state index in [1.165, 1.54) is 6.07 Å². The second-order valence-electron chi connectivity index (χ2n) is 3.67. The highest BCUT2D eigenvalue weighted by atomic mass is 32.2. The Kier molecular flexibility index (Phi) is 4.83. The molecule has 0 unspecified atom stereocenters. The van der Waals surface area contributed by atoms with Crippen molar-refractivity contribution in [3.8, 4) is 6.07 Å². The lowest BCUT2D eigenvalue weighted by Gasteiger charge is -2.04. The first-order valence-electron chi connectivity index (χ1n) is 5.21. The summed E-state index contributed by atoms with van der Waals surface area (Å²) in [5.74, 6) is -0.521. The summed E-state index contributed by atoms with van der Waals surface area (Å²) in [7, 11) is -3.49. The molecule has 0 aromatic heterocycles. The fourth-order valence-corrected chi connectivity index (χ4v) is 1.85. The first kappa shape index (κ1) is 14.2. The summed E-state index contributed by atoms with van der Waals surface area (Å²) in [6.45, 7) is 0.214.